The lowest BCUT2D eigenvalue weighted by molar-refractivity contribution is 0.607. The molecule has 2 nitrogen and oxygen atoms in total. The van der Waals surface area contributed by atoms with E-state index in [0.29, 0.717) is 0 Å². The number of hydrogen-bond donors (Lipinski definition) is 0. The van der Waals surface area contributed by atoms with Gasteiger partial charge in [0.05, 0.1) is 0 Å². The van der Waals surface area contributed by atoms with Gasteiger partial charge in [-0.3, -0.25) is 0 Å². The van der Waals surface area contributed by atoms with Crippen molar-refractivity contribution in [1.29, 1.82) is 0 Å². The van der Waals surface area contributed by atoms with E-state index in [2.05, 4.69) is 19.7 Å². The molecule has 0 aliphatic carbocycles. The van der Waals surface area contributed by atoms with Crippen LogP contribution in [0.5, 0.6) is 0 Å². The lowest BCUT2D eigenvalue weighted by Crippen LogP contribution is -2.30. The number of hydrogen-bond acceptors (Lipinski definition) is 2. The first-order valence-corrected chi connectivity index (χ1v) is 12.7. The number of rotatable bonds is 6. The van der Waals surface area contributed by atoms with E-state index in [9.17, 15) is 0 Å². The summed E-state index contributed by atoms with van der Waals surface area (Å²) in [6, 6.07) is 1.11. The van der Waals surface area contributed by atoms with Crippen molar-refractivity contribution in [1.82, 2.24) is 0 Å². The average Bonchev–Trinajstić information content (AvgIpc) is 1.97. The molecule has 1 unspecified atom stereocenters. The lowest BCUT2D eigenvalue weighted by atomic mass is 10.8. The van der Waals surface area contributed by atoms with Crippen LogP contribution in [-0.4, -0.2) is 37.4 Å². The highest BCUT2D eigenvalue weighted by atomic mass is 29.2. The van der Waals surface area contributed by atoms with Crippen molar-refractivity contribution in [3.63, 3.8) is 0 Å². The molecule has 1 atom stereocenters. The van der Waals surface area contributed by atoms with Crippen LogP contribution in [0, 0.1) is 0 Å². The molecule has 0 spiro atoms. The maximum atomic E-state index is 5.74. The van der Waals surface area contributed by atoms with E-state index in [1.54, 1.807) is 0 Å². The van der Waals surface area contributed by atoms with Gasteiger partial charge in [-0.15, -0.1) is 6.58 Å². The van der Waals surface area contributed by atoms with Crippen LogP contribution in [-0.2, 0) is 8.23 Å². The van der Waals surface area contributed by atoms with Gasteiger partial charge in [0.1, 0.15) is 10.5 Å². The molecule has 6 heteroatoms. The van der Waals surface area contributed by atoms with Crippen molar-refractivity contribution in [3.05, 3.63) is 12.7 Å². The summed E-state index contributed by atoms with van der Waals surface area (Å²) in [4.78, 5) is 0. The van der Waals surface area contributed by atoms with Crippen molar-refractivity contribution in [2.75, 3.05) is 0 Å². The van der Waals surface area contributed by atoms with Gasteiger partial charge in [-0.1, -0.05) is 6.08 Å². The standard InChI is InChI=1S/C5H18O2Si4/c1-4-5-11(6-8)9-7-10(2)3/h4,10-11H,1,5,9H2,2-3,8H3. The first-order chi connectivity index (χ1) is 5.20. The smallest absolute Gasteiger partial charge is 0.177 e. The maximum absolute atomic E-state index is 5.74. The molecular weight excluding hydrogens is 204 g/mol. The summed E-state index contributed by atoms with van der Waals surface area (Å²) in [7, 11) is -1.05. The van der Waals surface area contributed by atoms with Crippen LogP contribution < -0.4 is 0 Å². The Balaban J connectivity index is 3.43. The second-order valence-electron chi connectivity index (χ2n) is 2.76. The van der Waals surface area contributed by atoms with Gasteiger partial charge in [0.15, 0.2) is 26.9 Å². The Labute approximate surface area is 77.7 Å². The van der Waals surface area contributed by atoms with Gasteiger partial charge in [0, 0.05) is 0 Å². The Hall–Kier alpha value is 0.528. The third-order valence-corrected chi connectivity index (χ3v) is 15.6. The molecule has 0 aromatic heterocycles. The molecule has 0 amide bonds. The minimum absolute atomic E-state index is 0.291. The monoisotopic (exact) mass is 222 g/mol. The highest BCUT2D eigenvalue weighted by molar-refractivity contribution is 7.08. The molecule has 0 aromatic rings. The summed E-state index contributed by atoms with van der Waals surface area (Å²) in [6.07, 6.45) is 1.98. The van der Waals surface area contributed by atoms with Crippen molar-refractivity contribution in [2.24, 2.45) is 0 Å². The molecule has 0 aliphatic heterocycles. The van der Waals surface area contributed by atoms with Crippen LogP contribution in [0.2, 0.25) is 19.1 Å². The van der Waals surface area contributed by atoms with E-state index in [1.165, 1.54) is 0 Å². The van der Waals surface area contributed by atoms with Gasteiger partial charge < -0.3 is 8.23 Å². The zero-order valence-corrected chi connectivity index (χ0v) is 13.4. The Morgan fingerprint density at radius 3 is 2.64 bits per heavy atom. The SMILES string of the molecule is C=CC[SiH](O[SiH3])[SiH2]O[SiH](C)C. The van der Waals surface area contributed by atoms with Crippen molar-refractivity contribution in [3.8, 4) is 0 Å². The number of allylic oxidation sites excluding steroid dienone is 1. The van der Waals surface area contributed by atoms with Crippen molar-refractivity contribution < 1.29 is 8.23 Å². The molecule has 0 saturated carbocycles. The van der Waals surface area contributed by atoms with Gasteiger partial charge >= 0.3 is 0 Å². The molecule has 0 heterocycles. The predicted octanol–water partition coefficient (Wildman–Crippen LogP) is -1.23. The molecule has 0 N–H and O–H groups in total. The average molecular weight is 223 g/mol. The molecule has 0 aromatic carbocycles. The zero-order valence-electron chi connectivity index (χ0n) is 7.67. The Kier molecular flexibility index (Phi) is 7.54. The molecule has 0 bridgehead atoms. The predicted molar refractivity (Wildman–Crippen MR) is 61.7 cm³/mol. The largest absolute Gasteiger partial charge is 0.466 e. The molecule has 0 aliphatic rings. The first-order valence-electron chi connectivity index (χ1n) is 3.96. The van der Waals surface area contributed by atoms with E-state index in [1.807, 2.05) is 6.08 Å². The van der Waals surface area contributed by atoms with Crippen LogP contribution in [0.15, 0.2) is 12.7 Å². The summed E-state index contributed by atoms with van der Waals surface area (Å²) in [5.74, 6) is 0. The van der Waals surface area contributed by atoms with Gasteiger partial charge in [-0.2, -0.15) is 0 Å². The summed E-state index contributed by atoms with van der Waals surface area (Å²) in [6.45, 7) is 8.17. The molecule has 0 rings (SSSR count). The van der Waals surface area contributed by atoms with E-state index >= 15 is 0 Å². The zero-order chi connectivity index (χ0) is 8.69. The molecule has 0 radical (unpaired) electrons. The van der Waals surface area contributed by atoms with Gasteiger partial charge in [0.25, 0.3) is 0 Å². The van der Waals surface area contributed by atoms with Gasteiger partial charge in [-0.05, 0) is 19.1 Å². The summed E-state index contributed by atoms with van der Waals surface area (Å²) in [5, 5.41) is 0. The molecular formula is C5H18O2Si4. The van der Waals surface area contributed by atoms with Crippen molar-refractivity contribution in [2.45, 2.75) is 19.1 Å². The lowest BCUT2D eigenvalue weighted by Gasteiger charge is -2.13. The highest BCUT2D eigenvalue weighted by Gasteiger charge is 2.09. The van der Waals surface area contributed by atoms with E-state index in [4.69, 9.17) is 8.23 Å². The summed E-state index contributed by atoms with van der Waals surface area (Å²) < 4.78 is 11.2. The fraction of sp³-hybridized carbons (Fsp3) is 0.600. The highest BCUT2D eigenvalue weighted by Crippen LogP contribution is 1.93. The second-order valence-corrected chi connectivity index (χ2v) is 13.9. The third kappa shape index (κ3) is 6.91. The minimum Gasteiger partial charge on any atom is -0.466 e. The minimum atomic E-state index is -0.874. The Bertz CT molecular complexity index is 109. The quantitative estimate of drug-likeness (QED) is 0.414. The molecule has 0 fully saturated rings. The topological polar surface area (TPSA) is 18.5 Å². The van der Waals surface area contributed by atoms with E-state index in [0.717, 1.165) is 16.5 Å². The molecule has 0 saturated heterocycles. The molecule has 66 valence electrons. The van der Waals surface area contributed by atoms with Crippen LogP contribution in [0.1, 0.15) is 0 Å². The fourth-order valence-corrected chi connectivity index (χ4v) is 12.7. The van der Waals surface area contributed by atoms with E-state index < -0.39 is 17.6 Å². The third-order valence-electron chi connectivity index (χ3n) is 1.38. The second kappa shape index (κ2) is 7.19. The molecule has 11 heavy (non-hydrogen) atoms. The first kappa shape index (κ1) is 11.5. The Morgan fingerprint density at radius 2 is 2.27 bits per heavy atom. The normalized spacial score (nSPS) is 14.8. The van der Waals surface area contributed by atoms with Crippen LogP contribution in [0.25, 0.3) is 0 Å². The van der Waals surface area contributed by atoms with Gasteiger partial charge in [0.2, 0.25) is 0 Å². The Morgan fingerprint density at radius 1 is 1.64 bits per heavy atom. The van der Waals surface area contributed by atoms with Crippen LogP contribution in [0.3, 0.4) is 0 Å². The maximum Gasteiger partial charge on any atom is 0.177 e. The summed E-state index contributed by atoms with van der Waals surface area (Å²) >= 11 is 0. The fourth-order valence-electron chi connectivity index (χ4n) is 0.718. The summed E-state index contributed by atoms with van der Waals surface area (Å²) in [5.41, 5.74) is 0. The van der Waals surface area contributed by atoms with Gasteiger partial charge in [-0.25, -0.2) is 0 Å². The van der Waals surface area contributed by atoms with Crippen LogP contribution >= 0.6 is 0 Å². The van der Waals surface area contributed by atoms with E-state index in [-0.39, 0.29) is 9.28 Å². The van der Waals surface area contributed by atoms with Crippen molar-refractivity contribution >= 4 is 37.4 Å². The van der Waals surface area contributed by atoms with Crippen LogP contribution in [0.4, 0.5) is 0 Å².